The molecule has 0 saturated carbocycles. The molecule has 0 heterocycles. The predicted octanol–water partition coefficient (Wildman–Crippen LogP) is 1.91. The van der Waals surface area contributed by atoms with E-state index in [1.807, 2.05) is 30.3 Å². The van der Waals surface area contributed by atoms with Gasteiger partial charge in [0.05, 0.1) is 0 Å². The second-order valence-corrected chi connectivity index (χ2v) is 5.36. The maximum Gasteiger partial charge on any atom is 0.0415 e. The summed E-state index contributed by atoms with van der Waals surface area (Å²) in [7, 11) is -2.32. The minimum Gasteiger partial charge on any atom is -0.253 e. The van der Waals surface area contributed by atoms with Gasteiger partial charge >= 0.3 is 0 Å². The van der Waals surface area contributed by atoms with Gasteiger partial charge in [-0.1, -0.05) is 30.3 Å². The third-order valence-electron chi connectivity index (χ3n) is 1.62. The van der Waals surface area contributed by atoms with Crippen LogP contribution in [0.5, 0.6) is 0 Å². The van der Waals surface area contributed by atoms with E-state index < -0.39 is 9.73 Å². The fraction of sp³-hybridized carbons (Fsp3) is 0.333. The highest BCUT2D eigenvalue weighted by Crippen LogP contribution is 2.01. The Balaban J connectivity index is 2.56. The smallest absolute Gasteiger partial charge is 0.0415 e. The van der Waals surface area contributed by atoms with Gasteiger partial charge < -0.3 is 0 Å². The van der Waals surface area contributed by atoms with E-state index in [9.17, 15) is 4.21 Å². The molecule has 0 aliphatic carbocycles. The minimum absolute atomic E-state index is 0.455. The number of aryl methyl sites for hydroxylation is 1. The molecule has 0 aromatic heterocycles. The van der Waals surface area contributed by atoms with Crippen molar-refractivity contribution in [3.05, 3.63) is 35.9 Å². The largest absolute Gasteiger partial charge is 0.253 e. The van der Waals surface area contributed by atoms with Crippen molar-refractivity contribution in [3.8, 4) is 0 Å². The summed E-state index contributed by atoms with van der Waals surface area (Å²) < 4.78 is 18.2. The molecule has 0 radical (unpaired) electrons. The van der Waals surface area contributed by atoms with Crippen molar-refractivity contribution in [2.75, 3.05) is 12.0 Å². The van der Waals surface area contributed by atoms with Crippen molar-refractivity contribution in [1.82, 2.24) is 0 Å². The van der Waals surface area contributed by atoms with E-state index in [0.717, 1.165) is 12.0 Å². The van der Waals surface area contributed by atoms with Crippen molar-refractivity contribution in [1.29, 1.82) is 4.78 Å². The lowest BCUT2D eigenvalue weighted by molar-refractivity contribution is 0.678. The van der Waals surface area contributed by atoms with E-state index in [4.69, 9.17) is 4.78 Å². The summed E-state index contributed by atoms with van der Waals surface area (Å²) >= 11 is 0. The molecule has 0 aliphatic heterocycles. The van der Waals surface area contributed by atoms with Crippen LogP contribution in [-0.4, -0.2) is 16.2 Å². The van der Waals surface area contributed by atoms with Gasteiger partial charge in [0.2, 0.25) is 0 Å². The molecule has 1 unspecified atom stereocenters. The third-order valence-corrected chi connectivity index (χ3v) is 2.61. The standard InChI is InChI=1S/C9H13NOS/c1-12(10,11)8-7-9-5-3-2-4-6-9/h2-6,10H,7-8H2,1H3. The fourth-order valence-electron chi connectivity index (χ4n) is 0.957. The molecule has 0 amide bonds. The third kappa shape index (κ3) is 3.53. The lowest BCUT2D eigenvalue weighted by Crippen LogP contribution is -2.03. The molecule has 1 aromatic rings. The Bertz CT molecular complexity index is 329. The molecule has 0 bridgehead atoms. The van der Waals surface area contributed by atoms with Crippen molar-refractivity contribution in [2.45, 2.75) is 6.42 Å². The first-order chi connectivity index (χ1) is 5.58. The Morgan fingerprint density at radius 1 is 1.33 bits per heavy atom. The van der Waals surface area contributed by atoms with Crippen LogP contribution in [0.3, 0.4) is 0 Å². The molecule has 0 fully saturated rings. The van der Waals surface area contributed by atoms with E-state index in [1.165, 1.54) is 6.26 Å². The molecule has 1 rings (SSSR count). The second kappa shape index (κ2) is 3.72. The average Bonchev–Trinajstić information content (AvgIpc) is 2.02. The number of nitrogens with one attached hydrogen (secondary N) is 1. The normalized spacial score (nSPS) is 15.4. The lowest BCUT2D eigenvalue weighted by Gasteiger charge is -2.00. The predicted molar refractivity (Wildman–Crippen MR) is 51.8 cm³/mol. The molecule has 66 valence electrons. The van der Waals surface area contributed by atoms with Crippen LogP contribution in [0.25, 0.3) is 0 Å². The molecule has 1 atom stereocenters. The summed E-state index contributed by atoms with van der Waals surface area (Å²) in [5, 5.41) is 0. The highest BCUT2D eigenvalue weighted by atomic mass is 32.2. The van der Waals surface area contributed by atoms with Gasteiger partial charge in [-0.25, -0.2) is 0 Å². The number of hydrogen-bond acceptors (Lipinski definition) is 2. The van der Waals surface area contributed by atoms with Gasteiger partial charge in [-0.3, -0.25) is 8.99 Å². The molecule has 1 aromatic carbocycles. The van der Waals surface area contributed by atoms with Gasteiger partial charge in [0, 0.05) is 21.7 Å². The van der Waals surface area contributed by atoms with Crippen LogP contribution in [0, 0.1) is 4.78 Å². The molecule has 3 heteroatoms. The van der Waals surface area contributed by atoms with Crippen LogP contribution >= 0.6 is 0 Å². The van der Waals surface area contributed by atoms with Crippen LogP contribution in [0.15, 0.2) is 30.3 Å². The Labute approximate surface area is 73.6 Å². The van der Waals surface area contributed by atoms with Gasteiger partial charge in [-0.2, -0.15) is 0 Å². The van der Waals surface area contributed by atoms with E-state index in [1.54, 1.807) is 0 Å². The van der Waals surface area contributed by atoms with E-state index in [-0.39, 0.29) is 0 Å². The minimum atomic E-state index is -2.32. The Hall–Kier alpha value is -0.830. The Kier molecular flexibility index (Phi) is 2.87. The summed E-state index contributed by atoms with van der Waals surface area (Å²) in [6.07, 6.45) is 2.22. The zero-order chi connectivity index (χ0) is 9.03. The Morgan fingerprint density at radius 3 is 2.42 bits per heavy atom. The monoisotopic (exact) mass is 183 g/mol. The van der Waals surface area contributed by atoms with E-state index >= 15 is 0 Å². The lowest BCUT2D eigenvalue weighted by atomic mass is 10.2. The van der Waals surface area contributed by atoms with Crippen molar-refractivity contribution in [3.63, 3.8) is 0 Å². The van der Waals surface area contributed by atoms with Gasteiger partial charge in [0.25, 0.3) is 0 Å². The maximum atomic E-state index is 11.0. The quantitative estimate of drug-likeness (QED) is 0.764. The van der Waals surface area contributed by atoms with Crippen molar-refractivity contribution in [2.24, 2.45) is 0 Å². The van der Waals surface area contributed by atoms with Crippen LogP contribution in [0.1, 0.15) is 5.56 Å². The highest BCUT2D eigenvalue weighted by molar-refractivity contribution is 7.91. The summed E-state index contributed by atoms with van der Waals surface area (Å²) in [6.45, 7) is 0. The average molecular weight is 183 g/mol. The topological polar surface area (TPSA) is 40.9 Å². The molecular formula is C9H13NOS. The molecule has 0 saturated heterocycles. The summed E-state index contributed by atoms with van der Waals surface area (Å²) in [5.41, 5.74) is 1.15. The summed E-state index contributed by atoms with van der Waals surface area (Å²) in [6, 6.07) is 9.84. The summed E-state index contributed by atoms with van der Waals surface area (Å²) in [4.78, 5) is 0. The first kappa shape index (κ1) is 9.26. The Morgan fingerprint density at radius 2 is 1.92 bits per heavy atom. The molecular weight excluding hydrogens is 170 g/mol. The van der Waals surface area contributed by atoms with E-state index in [2.05, 4.69) is 0 Å². The van der Waals surface area contributed by atoms with Gasteiger partial charge in [-0.15, -0.1) is 0 Å². The molecule has 1 N–H and O–H groups in total. The van der Waals surface area contributed by atoms with Crippen LogP contribution in [0.4, 0.5) is 0 Å². The number of rotatable bonds is 3. The molecule has 0 spiro atoms. The first-order valence-corrected chi connectivity index (χ1v) is 5.97. The van der Waals surface area contributed by atoms with Crippen LogP contribution < -0.4 is 0 Å². The fourth-order valence-corrected chi connectivity index (χ4v) is 1.58. The zero-order valence-electron chi connectivity index (χ0n) is 7.12. The maximum absolute atomic E-state index is 11.0. The van der Waals surface area contributed by atoms with Gasteiger partial charge in [-0.05, 0) is 12.0 Å². The first-order valence-electron chi connectivity index (χ1n) is 3.83. The molecule has 12 heavy (non-hydrogen) atoms. The number of benzene rings is 1. The summed E-state index contributed by atoms with van der Waals surface area (Å²) in [5.74, 6) is 0.455. The zero-order valence-corrected chi connectivity index (χ0v) is 7.93. The van der Waals surface area contributed by atoms with Crippen molar-refractivity contribution >= 4 is 9.73 Å². The van der Waals surface area contributed by atoms with Crippen molar-refractivity contribution < 1.29 is 4.21 Å². The SMILES string of the molecule is CS(=N)(=O)CCc1ccccc1. The van der Waals surface area contributed by atoms with E-state index in [0.29, 0.717) is 5.75 Å². The second-order valence-electron chi connectivity index (χ2n) is 2.94. The highest BCUT2D eigenvalue weighted by Gasteiger charge is 1.97. The molecule has 0 aliphatic rings. The van der Waals surface area contributed by atoms with Gasteiger partial charge in [0.15, 0.2) is 0 Å². The van der Waals surface area contributed by atoms with Crippen LogP contribution in [-0.2, 0) is 16.1 Å². The van der Waals surface area contributed by atoms with Crippen LogP contribution in [0.2, 0.25) is 0 Å². The molecule has 2 nitrogen and oxygen atoms in total. The van der Waals surface area contributed by atoms with Gasteiger partial charge in [0.1, 0.15) is 0 Å². The number of hydrogen-bond donors (Lipinski definition) is 1.